The number of carbonyl (C=O) groups is 1. The number of anilines is 1. The van der Waals surface area contributed by atoms with Crippen LogP contribution in [0, 0.1) is 0 Å². The first-order chi connectivity index (χ1) is 15.3. The van der Waals surface area contributed by atoms with Crippen molar-refractivity contribution in [1.82, 2.24) is 9.45 Å². The third-order valence-corrected chi connectivity index (χ3v) is 7.28. The monoisotopic (exact) mass is 501 g/mol. The summed E-state index contributed by atoms with van der Waals surface area (Å²) < 4.78 is 38.4. The lowest BCUT2D eigenvalue weighted by Crippen LogP contribution is -2.27. The second-order valence-corrected chi connectivity index (χ2v) is 9.82. The minimum absolute atomic E-state index is 0.0205. The Kier molecular flexibility index (Phi) is 8.12. The van der Waals surface area contributed by atoms with Crippen molar-refractivity contribution in [2.75, 3.05) is 32.0 Å². The molecule has 3 rings (SSSR count). The van der Waals surface area contributed by atoms with Crippen LogP contribution in [0.5, 0.6) is 5.75 Å². The van der Waals surface area contributed by atoms with Crippen molar-refractivity contribution < 1.29 is 27.2 Å². The van der Waals surface area contributed by atoms with Gasteiger partial charge in [-0.2, -0.15) is 0 Å². The van der Waals surface area contributed by atoms with E-state index in [2.05, 4.69) is 17.2 Å². The summed E-state index contributed by atoms with van der Waals surface area (Å²) in [5, 5.41) is 4.94. The molecule has 0 aliphatic carbocycles. The van der Waals surface area contributed by atoms with E-state index < -0.39 is 10.0 Å². The molecule has 174 valence electrons. The molecule has 0 fully saturated rings. The standard InChI is InChI=1S/C20H24ClN3O6S2/c1-4-5-6-9-29-24(2)32(26,27)17-8-7-15(28-3)19-13(17)10-16(30-19)14-12-31-20(22-14)23-18(25)11-21/h7-8,10,12H,4-6,9,11H2,1-3H3,(H,22,23,25). The van der Waals surface area contributed by atoms with Crippen molar-refractivity contribution in [3.63, 3.8) is 0 Å². The third kappa shape index (κ3) is 5.24. The minimum Gasteiger partial charge on any atom is -0.493 e. The molecule has 0 unspecified atom stereocenters. The van der Waals surface area contributed by atoms with Crippen LogP contribution in [0.3, 0.4) is 0 Å². The van der Waals surface area contributed by atoms with E-state index in [0.29, 0.717) is 34.3 Å². The maximum atomic E-state index is 13.2. The molecule has 0 radical (unpaired) electrons. The number of ether oxygens (including phenoxy) is 1. The zero-order valence-electron chi connectivity index (χ0n) is 17.9. The van der Waals surface area contributed by atoms with Gasteiger partial charge in [-0.3, -0.25) is 9.63 Å². The van der Waals surface area contributed by atoms with Gasteiger partial charge in [0.2, 0.25) is 5.91 Å². The maximum absolute atomic E-state index is 13.2. The van der Waals surface area contributed by atoms with Crippen LogP contribution in [0.15, 0.2) is 32.9 Å². The van der Waals surface area contributed by atoms with Gasteiger partial charge < -0.3 is 14.5 Å². The summed E-state index contributed by atoms with van der Waals surface area (Å²) >= 11 is 6.70. The summed E-state index contributed by atoms with van der Waals surface area (Å²) in [6.45, 7) is 2.36. The molecule has 0 bridgehead atoms. The summed E-state index contributed by atoms with van der Waals surface area (Å²) in [7, 11) is -1.12. The molecule has 2 aromatic heterocycles. The van der Waals surface area contributed by atoms with E-state index in [-0.39, 0.29) is 22.3 Å². The van der Waals surface area contributed by atoms with Crippen LogP contribution < -0.4 is 10.1 Å². The van der Waals surface area contributed by atoms with E-state index >= 15 is 0 Å². The van der Waals surface area contributed by atoms with Crippen molar-refractivity contribution >= 4 is 55.0 Å². The highest BCUT2D eigenvalue weighted by Crippen LogP contribution is 2.38. The zero-order chi connectivity index (χ0) is 23.3. The van der Waals surface area contributed by atoms with Crippen molar-refractivity contribution in [1.29, 1.82) is 0 Å². The van der Waals surface area contributed by atoms with Gasteiger partial charge in [-0.05, 0) is 24.6 Å². The lowest BCUT2D eigenvalue weighted by Gasteiger charge is -2.17. The highest BCUT2D eigenvalue weighted by Gasteiger charge is 2.27. The van der Waals surface area contributed by atoms with Gasteiger partial charge in [0.05, 0.1) is 18.6 Å². The quantitative estimate of drug-likeness (QED) is 0.234. The van der Waals surface area contributed by atoms with Gasteiger partial charge in [0, 0.05) is 17.8 Å². The summed E-state index contributed by atoms with van der Waals surface area (Å²) in [6, 6.07) is 4.56. The normalized spacial score (nSPS) is 11.9. The molecule has 3 aromatic rings. The Morgan fingerprint density at radius 1 is 1.34 bits per heavy atom. The van der Waals surface area contributed by atoms with E-state index in [9.17, 15) is 13.2 Å². The predicted octanol–water partition coefficient (Wildman–Crippen LogP) is 4.48. The first-order valence-electron chi connectivity index (χ1n) is 9.85. The number of alkyl halides is 1. The molecular formula is C20H24ClN3O6S2. The SMILES string of the molecule is CCCCCON(C)S(=O)(=O)c1ccc(OC)c2oc(-c3csc(NC(=O)CCl)n3)cc12. The average molecular weight is 502 g/mol. The number of fused-ring (bicyclic) bond motifs is 1. The number of benzene rings is 1. The van der Waals surface area contributed by atoms with Gasteiger partial charge in [0.25, 0.3) is 10.0 Å². The number of amides is 1. The number of aromatic nitrogens is 1. The van der Waals surface area contributed by atoms with Crippen LogP contribution in [0.25, 0.3) is 22.4 Å². The number of hydrogen-bond donors (Lipinski definition) is 1. The van der Waals surface area contributed by atoms with Crippen molar-refractivity contribution in [2.24, 2.45) is 0 Å². The number of nitrogens with one attached hydrogen (secondary N) is 1. The largest absolute Gasteiger partial charge is 0.493 e. The molecule has 2 heterocycles. The second-order valence-electron chi connectivity index (χ2n) is 6.79. The van der Waals surface area contributed by atoms with Crippen molar-refractivity contribution in [2.45, 2.75) is 31.1 Å². The first kappa shape index (κ1) is 24.5. The van der Waals surface area contributed by atoms with Gasteiger partial charge in [0.15, 0.2) is 22.2 Å². The smallest absolute Gasteiger partial charge is 0.265 e. The maximum Gasteiger partial charge on any atom is 0.265 e. The van der Waals surface area contributed by atoms with E-state index in [1.807, 2.05) is 0 Å². The fraction of sp³-hybridized carbons (Fsp3) is 0.400. The first-order valence-corrected chi connectivity index (χ1v) is 12.7. The Hall–Kier alpha value is -2.18. The number of methoxy groups -OCH3 is 1. The summed E-state index contributed by atoms with van der Waals surface area (Å²) in [4.78, 5) is 21.2. The Labute approximate surface area is 195 Å². The lowest BCUT2D eigenvalue weighted by molar-refractivity contribution is -0.113. The Morgan fingerprint density at radius 2 is 2.12 bits per heavy atom. The zero-order valence-corrected chi connectivity index (χ0v) is 20.3. The molecule has 1 amide bonds. The molecular weight excluding hydrogens is 478 g/mol. The fourth-order valence-electron chi connectivity index (χ4n) is 2.94. The number of furan rings is 1. The summed E-state index contributed by atoms with van der Waals surface area (Å²) in [5.41, 5.74) is 0.702. The average Bonchev–Trinajstić information content (AvgIpc) is 3.42. The molecule has 0 atom stereocenters. The molecule has 9 nitrogen and oxygen atoms in total. The third-order valence-electron chi connectivity index (χ3n) is 4.59. The number of rotatable bonds is 11. The molecule has 0 saturated heterocycles. The number of nitrogens with zero attached hydrogens (tertiary/aromatic N) is 2. The highest BCUT2D eigenvalue weighted by molar-refractivity contribution is 7.89. The van der Waals surface area contributed by atoms with Crippen LogP contribution in [-0.2, 0) is 19.7 Å². The number of unbranched alkanes of at least 4 members (excludes halogenated alkanes) is 2. The molecule has 1 aromatic carbocycles. The summed E-state index contributed by atoms with van der Waals surface area (Å²) in [6.07, 6.45) is 2.72. The minimum atomic E-state index is -3.95. The fourth-order valence-corrected chi connectivity index (χ4v) is 4.88. The van der Waals surface area contributed by atoms with Crippen molar-refractivity contribution in [3.8, 4) is 17.2 Å². The van der Waals surface area contributed by atoms with E-state index in [1.165, 1.54) is 37.6 Å². The van der Waals surface area contributed by atoms with Gasteiger partial charge in [-0.1, -0.05) is 24.2 Å². The molecule has 0 aliphatic heterocycles. The topological polar surface area (TPSA) is 111 Å². The van der Waals surface area contributed by atoms with E-state index in [0.717, 1.165) is 23.7 Å². The summed E-state index contributed by atoms with van der Waals surface area (Å²) in [5.74, 6) is 0.137. The Morgan fingerprint density at radius 3 is 2.81 bits per heavy atom. The molecule has 1 N–H and O–H groups in total. The number of halogens is 1. The van der Waals surface area contributed by atoms with Gasteiger partial charge in [0.1, 0.15) is 11.6 Å². The number of sulfonamides is 1. The van der Waals surface area contributed by atoms with Gasteiger partial charge >= 0.3 is 0 Å². The molecule has 0 spiro atoms. The molecule has 12 heteroatoms. The number of thiazole rings is 1. The van der Waals surface area contributed by atoms with E-state index in [4.69, 9.17) is 25.6 Å². The van der Waals surface area contributed by atoms with Crippen LogP contribution >= 0.6 is 22.9 Å². The molecule has 0 saturated carbocycles. The van der Waals surface area contributed by atoms with Gasteiger partial charge in [-0.15, -0.1) is 22.9 Å². The molecule has 0 aliphatic rings. The van der Waals surface area contributed by atoms with Crippen molar-refractivity contribution in [3.05, 3.63) is 23.6 Å². The Bertz CT molecular complexity index is 1190. The van der Waals surface area contributed by atoms with Gasteiger partial charge in [-0.25, -0.2) is 13.4 Å². The lowest BCUT2D eigenvalue weighted by atomic mass is 10.2. The Balaban J connectivity index is 1.97. The number of hydroxylamine groups is 1. The van der Waals surface area contributed by atoms with Crippen LogP contribution in [0.4, 0.5) is 5.13 Å². The van der Waals surface area contributed by atoms with E-state index in [1.54, 1.807) is 11.4 Å². The molecule has 32 heavy (non-hydrogen) atoms. The van der Waals surface area contributed by atoms with Crippen LogP contribution in [0.1, 0.15) is 26.2 Å². The highest BCUT2D eigenvalue weighted by atomic mass is 35.5. The van der Waals surface area contributed by atoms with Crippen LogP contribution in [0.2, 0.25) is 0 Å². The van der Waals surface area contributed by atoms with Crippen LogP contribution in [-0.4, -0.2) is 50.4 Å². The number of hydrogen-bond acceptors (Lipinski definition) is 8. The predicted molar refractivity (Wildman–Crippen MR) is 124 cm³/mol. The number of carbonyl (C=O) groups excluding carboxylic acids is 1. The second kappa shape index (κ2) is 10.6.